The van der Waals surface area contributed by atoms with Gasteiger partial charge >= 0.3 is 5.69 Å². The highest BCUT2D eigenvalue weighted by Gasteiger charge is 2.22. The van der Waals surface area contributed by atoms with Crippen molar-refractivity contribution in [2.45, 2.75) is 6.42 Å². The van der Waals surface area contributed by atoms with Crippen LogP contribution in [0.5, 0.6) is 5.75 Å². The third kappa shape index (κ3) is 3.78. The van der Waals surface area contributed by atoms with Gasteiger partial charge in [0, 0.05) is 46.0 Å². The van der Waals surface area contributed by atoms with E-state index in [2.05, 4.69) is 9.88 Å². The molecule has 162 valence electrons. The number of carbonyl (C=O) groups excluding carboxylic acids is 1. The van der Waals surface area contributed by atoms with Gasteiger partial charge in [0.05, 0.1) is 12.5 Å². The summed E-state index contributed by atoms with van der Waals surface area (Å²) in [5.74, 6) is 0.605. The number of hydrogen-bond donors (Lipinski definition) is 0. The second-order valence-electron chi connectivity index (χ2n) is 7.60. The number of carbonyl (C=O) groups is 1. The minimum atomic E-state index is -0.473. The maximum Gasteiger partial charge on any atom is 0.332 e. The van der Waals surface area contributed by atoms with Crippen LogP contribution in [0.3, 0.4) is 0 Å². The van der Waals surface area contributed by atoms with Crippen LogP contribution in [0.4, 0.5) is 5.69 Å². The number of anilines is 1. The SMILES string of the molecule is COc1ccc(N2CCCN(C(=O)c3ccc4c(=O)n(C)c(=O)n(C)c4n3)CC2)cc1. The van der Waals surface area contributed by atoms with Crippen molar-refractivity contribution in [3.8, 4) is 5.75 Å². The summed E-state index contributed by atoms with van der Waals surface area (Å²) >= 11 is 0. The molecule has 0 bridgehead atoms. The number of ether oxygens (including phenoxy) is 1. The van der Waals surface area contributed by atoms with Gasteiger partial charge in [-0.15, -0.1) is 0 Å². The van der Waals surface area contributed by atoms with Crippen LogP contribution in [-0.4, -0.2) is 58.2 Å². The van der Waals surface area contributed by atoms with Crippen LogP contribution >= 0.6 is 0 Å². The molecule has 1 fully saturated rings. The molecule has 31 heavy (non-hydrogen) atoms. The normalized spacial score (nSPS) is 14.5. The van der Waals surface area contributed by atoms with Gasteiger partial charge in [-0.1, -0.05) is 0 Å². The molecule has 0 aliphatic carbocycles. The predicted octanol–water partition coefficient (Wildman–Crippen LogP) is 0.993. The van der Waals surface area contributed by atoms with E-state index in [4.69, 9.17) is 4.74 Å². The molecule has 1 aromatic carbocycles. The summed E-state index contributed by atoms with van der Waals surface area (Å²) in [5, 5.41) is 0.308. The van der Waals surface area contributed by atoms with Gasteiger partial charge in [-0.2, -0.15) is 0 Å². The zero-order valence-electron chi connectivity index (χ0n) is 17.9. The van der Waals surface area contributed by atoms with Crippen LogP contribution in [0.1, 0.15) is 16.9 Å². The van der Waals surface area contributed by atoms with E-state index in [1.807, 2.05) is 24.3 Å². The molecule has 0 spiro atoms. The average Bonchev–Trinajstić information content (AvgIpc) is 3.07. The number of amides is 1. The molecule has 1 aliphatic rings. The molecule has 1 aliphatic heterocycles. The number of nitrogens with zero attached hydrogens (tertiary/aromatic N) is 5. The zero-order valence-corrected chi connectivity index (χ0v) is 17.9. The first kappa shape index (κ1) is 20.6. The second-order valence-corrected chi connectivity index (χ2v) is 7.60. The fourth-order valence-corrected chi connectivity index (χ4v) is 3.91. The number of methoxy groups -OCH3 is 1. The summed E-state index contributed by atoms with van der Waals surface area (Å²) in [7, 11) is 4.61. The predicted molar refractivity (Wildman–Crippen MR) is 118 cm³/mol. The summed E-state index contributed by atoms with van der Waals surface area (Å²) in [6.45, 7) is 2.71. The van der Waals surface area contributed by atoms with Gasteiger partial charge in [-0.05, 0) is 42.8 Å². The number of aryl methyl sites for hydroxylation is 1. The van der Waals surface area contributed by atoms with Crippen molar-refractivity contribution in [3.05, 3.63) is 62.9 Å². The van der Waals surface area contributed by atoms with E-state index in [9.17, 15) is 14.4 Å². The number of aromatic nitrogens is 3. The van der Waals surface area contributed by atoms with Gasteiger partial charge in [0.2, 0.25) is 0 Å². The number of fused-ring (bicyclic) bond motifs is 1. The fourth-order valence-electron chi connectivity index (χ4n) is 3.91. The lowest BCUT2D eigenvalue weighted by Crippen LogP contribution is -2.38. The van der Waals surface area contributed by atoms with Gasteiger partial charge in [-0.25, -0.2) is 9.78 Å². The molecule has 0 radical (unpaired) electrons. The number of benzene rings is 1. The first-order valence-corrected chi connectivity index (χ1v) is 10.2. The lowest BCUT2D eigenvalue weighted by atomic mass is 10.2. The smallest absolute Gasteiger partial charge is 0.332 e. The summed E-state index contributed by atoms with van der Waals surface area (Å²) in [4.78, 5) is 46.1. The van der Waals surface area contributed by atoms with Crippen LogP contribution in [0.25, 0.3) is 11.0 Å². The Kier molecular flexibility index (Phi) is 5.50. The Morgan fingerprint density at radius 3 is 2.39 bits per heavy atom. The highest BCUT2D eigenvalue weighted by atomic mass is 16.5. The average molecular weight is 423 g/mol. The minimum absolute atomic E-state index is 0.202. The van der Waals surface area contributed by atoms with E-state index in [0.717, 1.165) is 29.0 Å². The van der Waals surface area contributed by atoms with Crippen LogP contribution in [0, 0.1) is 0 Å². The topological polar surface area (TPSA) is 89.7 Å². The molecule has 2 aromatic heterocycles. The van der Waals surface area contributed by atoms with Gasteiger partial charge in [0.15, 0.2) is 0 Å². The van der Waals surface area contributed by atoms with Crippen LogP contribution in [0.2, 0.25) is 0 Å². The molecule has 9 heteroatoms. The van der Waals surface area contributed by atoms with Crippen molar-refractivity contribution in [1.82, 2.24) is 19.0 Å². The number of hydrogen-bond acceptors (Lipinski definition) is 6. The second kappa shape index (κ2) is 8.25. The van der Waals surface area contributed by atoms with E-state index < -0.39 is 11.2 Å². The Bertz CT molecular complexity index is 1250. The molecule has 0 N–H and O–H groups in total. The molecule has 4 rings (SSSR count). The minimum Gasteiger partial charge on any atom is -0.497 e. The van der Waals surface area contributed by atoms with Gasteiger partial charge in [-0.3, -0.25) is 18.7 Å². The Hall–Kier alpha value is -3.62. The molecule has 0 saturated carbocycles. The summed E-state index contributed by atoms with van der Waals surface area (Å²) < 4.78 is 7.55. The molecule has 0 atom stereocenters. The maximum atomic E-state index is 13.1. The van der Waals surface area contributed by atoms with Gasteiger partial charge < -0.3 is 14.5 Å². The maximum absolute atomic E-state index is 13.1. The van der Waals surface area contributed by atoms with E-state index in [1.165, 1.54) is 11.6 Å². The lowest BCUT2D eigenvalue weighted by Gasteiger charge is -2.24. The molecule has 0 unspecified atom stereocenters. The van der Waals surface area contributed by atoms with Crippen LogP contribution in [-0.2, 0) is 14.1 Å². The molecule has 1 saturated heterocycles. The summed E-state index contributed by atoms with van der Waals surface area (Å²) in [6, 6.07) is 11.0. The molecule has 9 nitrogen and oxygen atoms in total. The van der Waals surface area contributed by atoms with Crippen molar-refractivity contribution in [2.75, 3.05) is 38.2 Å². The van der Waals surface area contributed by atoms with E-state index >= 15 is 0 Å². The molecular weight excluding hydrogens is 398 g/mol. The third-order valence-electron chi connectivity index (χ3n) is 5.74. The lowest BCUT2D eigenvalue weighted by molar-refractivity contribution is 0.0761. The van der Waals surface area contributed by atoms with Crippen molar-refractivity contribution in [1.29, 1.82) is 0 Å². The summed E-state index contributed by atoms with van der Waals surface area (Å²) in [6.07, 6.45) is 0.824. The largest absolute Gasteiger partial charge is 0.497 e. The van der Waals surface area contributed by atoms with Crippen molar-refractivity contribution < 1.29 is 9.53 Å². The molecule has 3 heterocycles. The van der Waals surface area contributed by atoms with E-state index in [1.54, 1.807) is 31.2 Å². The highest BCUT2D eigenvalue weighted by molar-refractivity contribution is 5.94. The standard InChI is InChI=1S/C22H25N5O4/c1-24-19-17(20(28)25(2)22(24)30)9-10-18(23-19)21(29)27-12-4-11-26(13-14-27)15-5-7-16(31-3)8-6-15/h5-10H,4,11-14H2,1-3H3. The number of rotatable bonds is 3. The third-order valence-corrected chi connectivity index (χ3v) is 5.74. The summed E-state index contributed by atoms with van der Waals surface area (Å²) in [5.41, 5.74) is 0.640. The van der Waals surface area contributed by atoms with E-state index in [0.29, 0.717) is 25.0 Å². The van der Waals surface area contributed by atoms with Crippen molar-refractivity contribution >= 4 is 22.6 Å². The van der Waals surface area contributed by atoms with Gasteiger partial charge in [0.1, 0.15) is 17.1 Å². The quantitative estimate of drug-likeness (QED) is 0.624. The molecular formula is C22H25N5O4. The molecule has 3 aromatic rings. The zero-order chi connectivity index (χ0) is 22.1. The molecule has 1 amide bonds. The van der Waals surface area contributed by atoms with E-state index in [-0.39, 0.29) is 17.2 Å². The van der Waals surface area contributed by atoms with Crippen molar-refractivity contribution in [2.24, 2.45) is 14.1 Å². The van der Waals surface area contributed by atoms with Crippen LogP contribution in [0.15, 0.2) is 46.0 Å². The number of pyridine rings is 1. The Morgan fingerprint density at radius 1 is 0.935 bits per heavy atom. The Labute approximate surface area is 179 Å². The Morgan fingerprint density at radius 2 is 1.68 bits per heavy atom. The Balaban J connectivity index is 1.56. The fraction of sp³-hybridized carbons (Fsp3) is 0.364. The highest BCUT2D eigenvalue weighted by Crippen LogP contribution is 2.21. The first-order chi connectivity index (χ1) is 14.9. The van der Waals surface area contributed by atoms with Crippen LogP contribution < -0.4 is 20.9 Å². The monoisotopic (exact) mass is 423 g/mol. The van der Waals surface area contributed by atoms with Gasteiger partial charge in [0.25, 0.3) is 11.5 Å². The first-order valence-electron chi connectivity index (χ1n) is 10.2. The van der Waals surface area contributed by atoms with Crippen molar-refractivity contribution in [3.63, 3.8) is 0 Å².